The van der Waals surface area contributed by atoms with E-state index in [9.17, 15) is 4.79 Å². The zero-order valence-electron chi connectivity index (χ0n) is 17.9. The highest BCUT2D eigenvalue weighted by Crippen LogP contribution is 2.33. The minimum Gasteiger partial charge on any atom is -0.379 e. The molecule has 0 aromatic carbocycles. The van der Waals surface area contributed by atoms with Gasteiger partial charge in [0.2, 0.25) is 5.56 Å². The number of nitrogens with zero attached hydrogens (tertiary/aromatic N) is 3. The van der Waals surface area contributed by atoms with Crippen LogP contribution in [0.2, 0.25) is 0 Å². The molecule has 2 fully saturated rings. The Kier molecular flexibility index (Phi) is 8.55. The molecule has 7 heteroatoms. The predicted molar refractivity (Wildman–Crippen MR) is 118 cm³/mol. The van der Waals surface area contributed by atoms with Gasteiger partial charge in [-0.05, 0) is 31.7 Å². The molecule has 1 saturated heterocycles. The Bertz CT molecular complexity index is 690. The first-order valence-corrected chi connectivity index (χ1v) is 11.2. The quantitative estimate of drug-likeness (QED) is 0.394. The summed E-state index contributed by atoms with van der Waals surface area (Å²) in [6, 6.07) is 5.30. The van der Waals surface area contributed by atoms with Crippen molar-refractivity contribution in [2.75, 3.05) is 46.4 Å². The SMILES string of the molecule is CN=C(NCCCCn1ccccc1=O)NCC1(N2CCOCC2)CCCCC1. The Balaban J connectivity index is 1.42. The minimum atomic E-state index is 0.0684. The lowest BCUT2D eigenvalue weighted by Crippen LogP contribution is -2.60. The van der Waals surface area contributed by atoms with E-state index in [-0.39, 0.29) is 11.1 Å². The van der Waals surface area contributed by atoms with E-state index in [1.807, 2.05) is 19.3 Å². The van der Waals surface area contributed by atoms with E-state index in [1.165, 1.54) is 32.1 Å². The maximum absolute atomic E-state index is 11.7. The molecule has 0 spiro atoms. The lowest BCUT2D eigenvalue weighted by Gasteiger charge is -2.48. The van der Waals surface area contributed by atoms with Gasteiger partial charge in [-0.2, -0.15) is 0 Å². The Morgan fingerprint density at radius 3 is 2.66 bits per heavy atom. The first-order valence-electron chi connectivity index (χ1n) is 11.2. The zero-order chi connectivity index (χ0) is 20.4. The van der Waals surface area contributed by atoms with Crippen LogP contribution in [-0.2, 0) is 11.3 Å². The van der Waals surface area contributed by atoms with Crippen LogP contribution in [0.5, 0.6) is 0 Å². The molecule has 3 rings (SSSR count). The van der Waals surface area contributed by atoms with E-state index in [1.54, 1.807) is 16.7 Å². The number of guanidine groups is 1. The average molecular weight is 404 g/mol. The van der Waals surface area contributed by atoms with Crippen molar-refractivity contribution >= 4 is 5.96 Å². The molecule has 2 N–H and O–H groups in total. The van der Waals surface area contributed by atoms with Crippen molar-refractivity contribution in [3.63, 3.8) is 0 Å². The van der Waals surface area contributed by atoms with Gasteiger partial charge in [0.05, 0.1) is 13.2 Å². The molecule has 1 aromatic heterocycles. The molecule has 0 radical (unpaired) electrons. The van der Waals surface area contributed by atoms with Crippen molar-refractivity contribution in [1.82, 2.24) is 20.1 Å². The molecule has 1 saturated carbocycles. The van der Waals surface area contributed by atoms with Gasteiger partial charge in [0, 0.05) is 57.6 Å². The van der Waals surface area contributed by atoms with Crippen molar-refractivity contribution in [2.45, 2.75) is 57.0 Å². The molecule has 1 aliphatic carbocycles. The van der Waals surface area contributed by atoms with E-state index in [0.717, 1.165) is 64.7 Å². The summed E-state index contributed by atoms with van der Waals surface area (Å²) in [5.74, 6) is 0.875. The number of pyridine rings is 1. The fourth-order valence-electron chi connectivity index (χ4n) is 4.58. The van der Waals surface area contributed by atoms with Gasteiger partial charge in [-0.25, -0.2) is 0 Å². The van der Waals surface area contributed by atoms with Crippen molar-refractivity contribution in [3.8, 4) is 0 Å². The smallest absolute Gasteiger partial charge is 0.250 e. The molecular formula is C22H37N5O2. The Morgan fingerprint density at radius 1 is 1.14 bits per heavy atom. The van der Waals surface area contributed by atoms with Gasteiger partial charge < -0.3 is 19.9 Å². The summed E-state index contributed by atoms with van der Waals surface area (Å²) in [6.45, 7) is 6.31. The third-order valence-electron chi connectivity index (χ3n) is 6.29. The van der Waals surface area contributed by atoms with Crippen LogP contribution in [0.15, 0.2) is 34.2 Å². The van der Waals surface area contributed by atoms with E-state index < -0.39 is 0 Å². The van der Waals surface area contributed by atoms with Gasteiger partial charge in [0.1, 0.15) is 0 Å². The lowest BCUT2D eigenvalue weighted by atomic mass is 9.80. The first-order chi connectivity index (χ1) is 14.2. The molecule has 1 aromatic rings. The van der Waals surface area contributed by atoms with Crippen LogP contribution >= 0.6 is 0 Å². The maximum Gasteiger partial charge on any atom is 0.250 e. The van der Waals surface area contributed by atoms with Crippen molar-refractivity contribution in [3.05, 3.63) is 34.7 Å². The normalized spacial score (nSPS) is 20.4. The molecule has 7 nitrogen and oxygen atoms in total. The third-order valence-corrected chi connectivity index (χ3v) is 6.29. The van der Waals surface area contributed by atoms with Crippen molar-refractivity contribution in [2.24, 2.45) is 4.99 Å². The third kappa shape index (κ3) is 6.31. The molecule has 0 amide bonds. The molecule has 162 valence electrons. The molecule has 0 bridgehead atoms. The number of morpholine rings is 1. The van der Waals surface area contributed by atoms with Crippen LogP contribution < -0.4 is 16.2 Å². The lowest BCUT2D eigenvalue weighted by molar-refractivity contribution is -0.0352. The number of unbranched alkanes of at least 4 members (excludes halogenated alkanes) is 1. The van der Waals surface area contributed by atoms with Crippen LogP contribution in [0.3, 0.4) is 0 Å². The Labute approximate surface area is 174 Å². The second kappa shape index (κ2) is 11.4. The standard InChI is InChI=1S/C22H37N5O2/c1-23-21(24-12-6-8-14-26-13-7-3-9-20(26)28)25-19-22(10-4-2-5-11-22)27-15-17-29-18-16-27/h3,7,9,13H,2,4-6,8,10-12,14-19H2,1H3,(H2,23,24,25). The van der Waals surface area contributed by atoms with Crippen molar-refractivity contribution in [1.29, 1.82) is 0 Å². The Hall–Kier alpha value is -1.86. The molecule has 2 heterocycles. The summed E-state index contributed by atoms with van der Waals surface area (Å²) in [5, 5.41) is 7.03. The van der Waals surface area contributed by atoms with Gasteiger partial charge in [0.25, 0.3) is 0 Å². The highest BCUT2D eigenvalue weighted by Gasteiger charge is 2.38. The van der Waals surface area contributed by atoms with Crippen LogP contribution in [0.4, 0.5) is 0 Å². The summed E-state index contributed by atoms with van der Waals surface area (Å²) in [5.41, 5.74) is 0.299. The van der Waals surface area contributed by atoms with E-state index >= 15 is 0 Å². The fourth-order valence-corrected chi connectivity index (χ4v) is 4.58. The fraction of sp³-hybridized carbons (Fsp3) is 0.727. The van der Waals surface area contributed by atoms with Gasteiger partial charge >= 0.3 is 0 Å². The number of aryl methyl sites for hydroxylation is 1. The second-order valence-electron chi connectivity index (χ2n) is 8.18. The number of hydrogen-bond donors (Lipinski definition) is 2. The molecule has 0 atom stereocenters. The largest absolute Gasteiger partial charge is 0.379 e. The summed E-state index contributed by atoms with van der Waals surface area (Å²) in [6.07, 6.45) is 10.3. The molecular weight excluding hydrogens is 366 g/mol. The van der Waals surface area contributed by atoms with Crippen LogP contribution in [0.25, 0.3) is 0 Å². The van der Waals surface area contributed by atoms with Crippen LogP contribution in [0.1, 0.15) is 44.9 Å². The second-order valence-corrected chi connectivity index (χ2v) is 8.18. The summed E-state index contributed by atoms with van der Waals surface area (Å²) in [7, 11) is 1.83. The predicted octanol–water partition coefficient (Wildman–Crippen LogP) is 1.83. The average Bonchev–Trinajstić information content (AvgIpc) is 2.78. The number of hydrogen-bond acceptors (Lipinski definition) is 4. The highest BCUT2D eigenvalue weighted by atomic mass is 16.5. The summed E-state index contributed by atoms with van der Waals surface area (Å²) < 4.78 is 7.34. The van der Waals surface area contributed by atoms with Gasteiger partial charge in [-0.1, -0.05) is 25.3 Å². The molecule has 2 aliphatic rings. The monoisotopic (exact) mass is 403 g/mol. The number of aromatic nitrogens is 1. The zero-order valence-corrected chi connectivity index (χ0v) is 17.9. The molecule has 1 aliphatic heterocycles. The van der Waals surface area contributed by atoms with Crippen LogP contribution in [-0.4, -0.2) is 67.4 Å². The molecule has 0 unspecified atom stereocenters. The number of nitrogens with one attached hydrogen (secondary N) is 2. The Morgan fingerprint density at radius 2 is 1.93 bits per heavy atom. The number of ether oxygens (including phenoxy) is 1. The van der Waals surface area contributed by atoms with E-state index in [0.29, 0.717) is 0 Å². The topological polar surface area (TPSA) is 70.9 Å². The van der Waals surface area contributed by atoms with Gasteiger partial charge in [-0.15, -0.1) is 0 Å². The molecule has 29 heavy (non-hydrogen) atoms. The van der Waals surface area contributed by atoms with Gasteiger partial charge in [-0.3, -0.25) is 14.7 Å². The van der Waals surface area contributed by atoms with Crippen LogP contribution in [0, 0.1) is 0 Å². The summed E-state index contributed by atoms with van der Waals surface area (Å²) in [4.78, 5) is 18.8. The summed E-state index contributed by atoms with van der Waals surface area (Å²) >= 11 is 0. The minimum absolute atomic E-state index is 0.0684. The number of aliphatic imine (C=N–C) groups is 1. The highest BCUT2D eigenvalue weighted by molar-refractivity contribution is 5.79. The van der Waals surface area contributed by atoms with E-state index in [4.69, 9.17) is 4.74 Å². The van der Waals surface area contributed by atoms with Gasteiger partial charge in [0.15, 0.2) is 5.96 Å². The number of rotatable bonds is 8. The van der Waals surface area contributed by atoms with Crippen molar-refractivity contribution < 1.29 is 4.74 Å². The first kappa shape index (κ1) is 21.8. The maximum atomic E-state index is 11.7. The van der Waals surface area contributed by atoms with E-state index in [2.05, 4.69) is 20.5 Å².